The Hall–Kier alpha value is -2.29. The predicted octanol–water partition coefficient (Wildman–Crippen LogP) is 2.72. The van der Waals surface area contributed by atoms with Crippen molar-refractivity contribution in [2.24, 2.45) is 5.73 Å². The Bertz CT molecular complexity index is 605. The number of rotatable bonds is 1. The molecule has 3 heteroatoms. The highest BCUT2D eigenvalue weighted by atomic mass is 16.5. The first-order valence-electron chi connectivity index (χ1n) is 5.43. The lowest BCUT2D eigenvalue weighted by atomic mass is 10.1. The van der Waals surface area contributed by atoms with Crippen LogP contribution in [0.1, 0.15) is 11.1 Å². The highest BCUT2D eigenvalue weighted by Crippen LogP contribution is 2.40. The minimum Gasteiger partial charge on any atom is -0.410 e. The summed E-state index contributed by atoms with van der Waals surface area (Å²) in [6.45, 7) is 0. The molecule has 2 N–H and O–H groups in total. The van der Waals surface area contributed by atoms with Crippen molar-refractivity contribution in [2.75, 3.05) is 0 Å². The molecule has 1 aliphatic rings. The first kappa shape index (κ1) is 9.90. The van der Waals surface area contributed by atoms with E-state index in [9.17, 15) is 4.79 Å². The number of fused-ring (bicyclic) bond motifs is 3. The SMILES string of the molecule is NC(=O)Oc1cccc2c1Cc1ccccc1-2. The predicted molar refractivity (Wildman–Crippen MR) is 64.9 cm³/mol. The van der Waals surface area contributed by atoms with Crippen molar-refractivity contribution < 1.29 is 9.53 Å². The Morgan fingerprint density at radius 2 is 1.82 bits per heavy atom. The zero-order valence-electron chi connectivity index (χ0n) is 9.14. The largest absolute Gasteiger partial charge is 0.410 e. The molecule has 0 spiro atoms. The topological polar surface area (TPSA) is 52.3 Å². The molecular formula is C14H11NO2. The summed E-state index contributed by atoms with van der Waals surface area (Å²) in [5.74, 6) is 0.561. The van der Waals surface area contributed by atoms with E-state index in [1.54, 1.807) is 6.07 Å². The summed E-state index contributed by atoms with van der Waals surface area (Å²) in [7, 11) is 0. The second kappa shape index (κ2) is 3.63. The van der Waals surface area contributed by atoms with E-state index in [1.165, 1.54) is 11.1 Å². The maximum Gasteiger partial charge on any atom is 0.409 e. The molecule has 0 radical (unpaired) electrons. The van der Waals surface area contributed by atoms with Gasteiger partial charge in [-0.15, -0.1) is 0 Å². The van der Waals surface area contributed by atoms with Crippen LogP contribution in [0.4, 0.5) is 4.79 Å². The van der Waals surface area contributed by atoms with Crippen molar-refractivity contribution in [3.63, 3.8) is 0 Å². The number of ether oxygens (including phenoxy) is 1. The quantitative estimate of drug-likeness (QED) is 0.692. The van der Waals surface area contributed by atoms with Crippen LogP contribution in [-0.2, 0) is 6.42 Å². The van der Waals surface area contributed by atoms with Gasteiger partial charge >= 0.3 is 6.09 Å². The maximum absolute atomic E-state index is 10.8. The van der Waals surface area contributed by atoms with Crippen molar-refractivity contribution in [3.8, 4) is 16.9 Å². The van der Waals surface area contributed by atoms with Crippen LogP contribution in [0.25, 0.3) is 11.1 Å². The average Bonchev–Trinajstić information content (AvgIpc) is 2.68. The van der Waals surface area contributed by atoms with Crippen LogP contribution in [0, 0.1) is 0 Å². The van der Waals surface area contributed by atoms with Crippen LogP contribution in [0.15, 0.2) is 42.5 Å². The van der Waals surface area contributed by atoms with Crippen LogP contribution < -0.4 is 10.5 Å². The van der Waals surface area contributed by atoms with Gasteiger partial charge in [0.05, 0.1) is 0 Å². The third-order valence-electron chi connectivity index (χ3n) is 3.02. The minimum atomic E-state index is -0.769. The zero-order chi connectivity index (χ0) is 11.8. The maximum atomic E-state index is 10.8. The van der Waals surface area contributed by atoms with Crippen LogP contribution in [-0.4, -0.2) is 6.09 Å². The average molecular weight is 225 g/mol. The Balaban J connectivity index is 2.14. The minimum absolute atomic E-state index is 0.561. The van der Waals surface area contributed by atoms with Crippen molar-refractivity contribution in [1.82, 2.24) is 0 Å². The molecule has 0 saturated carbocycles. The van der Waals surface area contributed by atoms with Crippen molar-refractivity contribution in [1.29, 1.82) is 0 Å². The first-order valence-corrected chi connectivity index (χ1v) is 5.43. The second-order valence-corrected chi connectivity index (χ2v) is 4.04. The molecule has 84 valence electrons. The summed E-state index contributed by atoms with van der Waals surface area (Å²) in [5, 5.41) is 0. The summed E-state index contributed by atoms with van der Waals surface area (Å²) in [5.41, 5.74) is 9.68. The van der Waals surface area contributed by atoms with E-state index in [0.29, 0.717) is 5.75 Å². The number of hydrogen-bond acceptors (Lipinski definition) is 2. The molecule has 1 amide bonds. The summed E-state index contributed by atoms with van der Waals surface area (Å²) in [6, 6.07) is 13.9. The molecule has 0 aliphatic heterocycles. The van der Waals surface area contributed by atoms with E-state index >= 15 is 0 Å². The van der Waals surface area contributed by atoms with Gasteiger partial charge in [-0.3, -0.25) is 0 Å². The molecule has 0 unspecified atom stereocenters. The van der Waals surface area contributed by atoms with Crippen LogP contribution in [0.2, 0.25) is 0 Å². The molecule has 0 bridgehead atoms. The molecule has 2 aromatic rings. The molecule has 1 aliphatic carbocycles. The molecule has 17 heavy (non-hydrogen) atoms. The van der Waals surface area contributed by atoms with Gasteiger partial charge in [-0.25, -0.2) is 4.79 Å². The first-order chi connectivity index (χ1) is 8.25. The van der Waals surface area contributed by atoms with E-state index in [1.807, 2.05) is 24.3 Å². The van der Waals surface area contributed by atoms with Crippen molar-refractivity contribution in [2.45, 2.75) is 6.42 Å². The summed E-state index contributed by atoms with van der Waals surface area (Å²) in [6.07, 6.45) is 0.0176. The van der Waals surface area contributed by atoms with Gasteiger partial charge in [0, 0.05) is 12.0 Å². The fourth-order valence-corrected chi connectivity index (χ4v) is 2.33. The molecule has 0 fully saturated rings. The van der Waals surface area contributed by atoms with Gasteiger partial charge in [0.15, 0.2) is 0 Å². The van der Waals surface area contributed by atoms with Crippen LogP contribution >= 0.6 is 0 Å². The number of hydrogen-bond donors (Lipinski definition) is 1. The van der Waals surface area contributed by atoms with E-state index in [2.05, 4.69) is 12.1 Å². The number of carbonyl (C=O) groups is 1. The Kier molecular flexibility index (Phi) is 2.11. The third-order valence-corrected chi connectivity index (χ3v) is 3.02. The van der Waals surface area contributed by atoms with Gasteiger partial charge in [0.2, 0.25) is 0 Å². The van der Waals surface area contributed by atoms with E-state index in [-0.39, 0.29) is 0 Å². The molecule has 3 nitrogen and oxygen atoms in total. The van der Waals surface area contributed by atoms with Crippen LogP contribution in [0.5, 0.6) is 5.75 Å². The fourth-order valence-electron chi connectivity index (χ4n) is 2.33. The molecular weight excluding hydrogens is 214 g/mol. The number of nitrogens with two attached hydrogens (primary N) is 1. The van der Waals surface area contributed by atoms with Gasteiger partial charge in [-0.1, -0.05) is 36.4 Å². The molecule has 0 aromatic heterocycles. The van der Waals surface area contributed by atoms with E-state index in [4.69, 9.17) is 10.5 Å². The smallest absolute Gasteiger partial charge is 0.409 e. The fraction of sp³-hybridized carbons (Fsp3) is 0.0714. The molecule has 0 saturated heterocycles. The molecule has 0 heterocycles. The van der Waals surface area contributed by atoms with E-state index in [0.717, 1.165) is 17.5 Å². The number of carbonyl (C=O) groups excluding carboxylic acids is 1. The van der Waals surface area contributed by atoms with Crippen LogP contribution in [0.3, 0.4) is 0 Å². The van der Waals surface area contributed by atoms with Gasteiger partial charge in [-0.05, 0) is 22.8 Å². The van der Waals surface area contributed by atoms with Crippen molar-refractivity contribution in [3.05, 3.63) is 53.6 Å². The number of benzene rings is 2. The lowest BCUT2D eigenvalue weighted by Crippen LogP contribution is -2.17. The summed E-state index contributed by atoms with van der Waals surface area (Å²) in [4.78, 5) is 10.8. The zero-order valence-corrected chi connectivity index (χ0v) is 9.14. The number of amides is 1. The highest BCUT2D eigenvalue weighted by molar-refractivity contribution is 5.80. The van der Waals surface area contributed by atoms with Gasteiger partial charge in [-0.2, -0.15) is 0 Å². The Morgan fingerprint density at radius 1 is 1.06 bits per heavy atom. The standard InChI is InChI=1S/C14H11NO2/c15-14(16)17-13-7-3-6-11-10-5-2-1-4-9(10)8-12(11)13/h1-7H,8H2,(H2,15,16). The third kappa shape index (κ3) is 1.56. The second-order valence-electron chi connectivity index (χ2n) is 4.04. The van der Waals surface area contributed by atoms with E-state index < -0.39 is 6.09 Å². The normalized spacial score (nSPS) is 11.8. The van der Waals surface area contributed by atoms with Gasteiger partial charge in [0.1, 0.15) is 5.75 Å². The highest BCUT2D eigenvalue weighted by Gasteiger charge is 2.21. The molecule has 0 atom stereocenters. The Morgan fingerprint density at radius 3 is 2.65 bits per heavy atom. The lowest BCUT2D eigenvalue weighted by molar-refractivity contribution is 0.210. The lowest BCUT2D eigenvalue weighted by Gasteiger charge is -2.06. The number of primary amides is 1. The van der Waals surface area contributed by atoms with Gasteiger partial charge in [0.25, 0.3) is 0 Å². The summed E-state index contributed by atoms with van der Waals surface area (Å²) >= 11 is 0. The molecule has 3 rings (SSSR count). The monoisotopic (exact) mass is 225 g/mol. The Labute approximate surface area is 98.8 Å². The van der Waals surface area contributed by atoms with Gasteiger partial charge < -0.3 is 10.5 Å². The van der Waals surface area contributed by atoms with Crippen molar-refractivity contribution >= 4 is 6.09 Å². The molecule has 2 aromatic carbocycles. The summed E-state index contributed by atoms with van der Waals surface area (Å²) < 4.78 is 5.03.